The minimum atomic E-state index is -0.573. The molecule has 2 aromatic heterocycles. The van der Waals surface area contributed by atoms with Crippen LogP contribution in [0.5, 0.6) is 0 Å². The van der Waals surface area contributed by atoms with Crippen LogP contribution >= 0.6 is 0 Å². The molecule has 0 amide bonds. The van der Waals surface area contributed by atoms with Gasteiger partial charge >= 0.3 is 0 Å². The van der Waals surface area contributed by atoms with E-state index in [1.54, 1.807) is 0 Å². The zero-order valence-electron chi connectivity index (χ0n) is 29.2. The summed E-state index contributed by atoms with van der Waals surface area (Å²) < 4.78 is 2.37. The molecule has 2 aliphatic carbocycles. The van der Waals surface area contributed by atoms with Crippen molar-refractivity contribution in [3.63, 3.8) is 0 Å². The van der Waals surface area contributed by atoms with Gasteiger partial charge in [0, 0.05) is 27.5 Å². The lowest BCUT2D eigenvalue weighted by Gasteiger charge is -2.31. The number of nitrogens with zero attached hydrogens (tertiary/aromatic N) is 3. The van der Waals surface area contributed by atoms with Crippen LogP contribution in [0.2, 0.25) is 0 Å². The topological polar surface area (TPSA) is 30.7 Å². The van der Waals surface area contributed by atoms with E-state index in [2.05, 4.69) is 193 Å². The Morgan fingerprint density at radius 2 is 1.04 bits per heavy atom. The van der Waals surface area contributed by atoms with Gasteiger partial charge in [0.1, 0.15) is 0 Å². The molecule has 0 saturated carbocycles. The highest BCUT2D eigenvalue weighted by Gasteiger charge is 2.55. The summed E-state index contributed by atoms with van der Waals surface area (Å²) in [5.74, 6) is 0.669. The molecule has 250 valence electrons. The lowest BCUT2D eigenvalue weighted by atomic mass is 9.69. The summed E-state index contributed by atoms with van der Waals surface area (Å²) in [6, 6.07) is 68.2. The van der Waals surface area contributed by atoms with Crippen molar-refractivity contribution in [3.05, 3.63) is 210 Å². The van der Waals surface area contributed by atoms with Crippen molar-refractivity contribution in [1.82, 2.24) is 14.5 Å². The number of rotatable bonds is 3. The van der Waals surface area contributed by atoms with Crippen molar-refractivity contribution in [3.8, 4) is 50.7 Å². The number of benzene rings is 8. The number of aromatic nitrogens is 3. The number of hydrogen-bond acceptors (Lipinski definition) is 2. The first-order valence-corrected chi connectivity index (χ1v) is 18.6. The molecule has 10 aromatic rings. The fraction of sp³-hybridized carbons (Fsp3) is 0.0196. The third-order valence-corrected chi connectivity index (χ3v) is 11.8. The Balaban J connectivity index is 1.31. The summed E-state index contributed by atoms with van der Waals surface area (Å²) >= 11 is 0. The molecule has 3 nitrogen and oxygen atoms in total. The van der Waals surface area contributed by atoms with Crippen LogP contribution in [-0.2, 0) is 5.41 Å². The Hall–Kier alpha value is -7.10. The number of para-hydroxylation sites is 1. The maximum Gasteiger partial charge on any atom is 0.235 e. The number of fused-ring (bicyclic) bond motifs is 15. The molecule has 2 aliphatic rings. The molecule has 2 heterocycles. The molecule has 0 unspecified atom stereocenters. The highest BCUT2D eigenvalue weighted by atomic mass is 15.2. The van der Waals surface area contributed by atoms with E-state index in [0.717, 1.165) is 33.4 Å². The minimum Gasteiger partial charge on any atom is -0.278 e. The maximum atomic E-state index is 5.51. The highest BCUT2D eigenvalue weighted by Crippen LogP contribution is 2.66. The first kappa shape index (κ1) is 29.5. The van der Waals surface area contributed by atoms with Crippen molar-refractivity contribution in [2.45, 2.75) is 5.41 Å². The fourth-order valence-electron chi connectivity index (χ4n) is 9.70. The zero-order chi connectivity index (χ0) is 35.4. The normalized spacial score (nSPS) is 13.3. The van der Waals surface area contributed by atoms with Crippen molar-refractivity contribution in [2.75, 3.05) is 0 Å². The first-order chi connectivity index (χ1) is 26.8. The fourth-order valence-corrected chi connectivity index (χ4v) is 9.70. The zero-order valence-corrected chi connectivity index (χ0v) is 29.2. The van der Waals surface area contributed by atoms with Crippen LogP contribution < -0.4 is 0 Å². The molecule has 0 fully saturated rings. The van der Waals surface area contributed by atoms with Crippen LogP contribution in [0.25, 0.3) is 83.3 Å². The summed E-state index contributed by atoms with van der Waals surface area (Å²) in [5, 5.41) is 4.74. The molecule has 54 heavy (non-hydrogen) atoms. The third kappa shape index (κ3) is 3.80. The van der Waals surface area contributed by atoms with Gasteiger partial charge in [-0.1, -0.05) is 170 Å². The molecule has 0 saturated heterocycles. The summed E-state index contributed by atoms with van der Waals surface area (Å²) in [5.41, 5.74) is 16.0. The van der Waals surface area contributed by atoms with Gasteiger partial charge in [0.2, 0.25) is 5.95 Å². The van der Waals surface area contributed by atoms with Crippen LogP contribution in [0.1, 0.15) is 22.3 Å². The van der Waals surface area contributed by atoms with Gasteiger partial charge in [0.05, 0.1) is 27.8 Å². The lowest BCUT2D eigenvalue weighted by Crippen LogP contribution is -2.26. The van der Waals surface area contributed by atoms with Crippen molar-refractivity contribution in [1.29, 1.82) is 0 Å². The molecule has 0 aliphatic heterocycles. The van der Waals surface area contributed by atoms with Gasteiger partial charge in [-0.3, -0.25) is 4.57 Å². The van der Waals surface area contributed by atoms with Crippen LogP contribution in [0.4, 0.5) is 0 Å². The van der Waals surface area contributed by atoms with E-state index in [1.807, 2.05) is 0 Å². The maximum absolute atomic E-state index is 5.51. The second kappa shape index (κ2) is 11.0. The summed E-state index contributed by atoms with van der Waals surface area (Å²) in [6.45, 7) is 0. The Labute approximate surface area is 312 Å². The third-order valence-electron chi connectivity index (χ3n) is 11.8. The van der Waals surface area contributed by atoms with Crippen LogP contribution in [0.15, 0.2) is 188 Å². The van der Waals surface area contributed by atoms with Gasteiger partial charge in [0.25, 0.3) is 0 Å². The molecule has 8 aromatic carbocycles. The van der Waals surface area contributed by atoms with Gasteiger partial charge < -0.3 is 0 Å². The monoisotopic (exact) mass is 685 g/mol. The quantitative estimate of drug-likeness (QED) is 0.185. The molecule has 0 atom stereocenters. The molecule has 0 N–H and O–H groups in total. The van der Waals surface area contributed by atoms with E-state index in [4.69, 9.17) is 9.97 Å². The van der Waals surface area contributed by atoms with Crippen LogP contribution in [0.3, 0.4) is 0 Å². The average molecular weight is 686 g/mol. The molecule has 0 bridgehead atoms. The van der Waals surface area contributed by atoms with E-state index in [0.29, 0.717) is 5.95 Å². The Morgan fingerprint density at radius 1 is 0.407 bits per heavy atom. The van der Waals surface area contributed by atoms with E-state index < -0.39 is 5.41 Å². The molecule has 12 rings (SSSR count). The van der Waals surface area contributed by atoms with Crippen LogP contribution in [0, 0.1) is 0 Å². The van der Waals surface area contributed by atoms with Crippen molar-refractivity contribution >= 4 is 32.6 Å². The summed E-state index contributed by atoms with van der Waals surface area (Å²) in [6.07, 6.45) is 0. The van der Waals surface area contributed by atoms with Crippen molar-refractivity contribution in [2.24, 2.45) is 0 Å². The second-order valence-electron chi connectivity index (χ2n) is 14.5. The predicted molar refractivity (Wildman–Crippen MR) is 221 cm³/mol. The van der Waals surface area contributed by atoms with E-state index in [1.165, 1.54) is 66.2 Å². The van der Waals surface area contributed by atoms with Gasteiger partial charge in [0.15, 0.2) is 0 Å². The predicted octanol–water partition coefficient (Wildman–Crippen LogP) is 12.4. The number of hydrogen-bond donors (Lipinski definition) is 0. The average Bonchev–Trinajstić information content (AvgIpc) is 3.85. The summed E-state index contributed by atoms with van der Waals surface area (Å²) in [7, 11) is 0. The Bertz CT molecular complexity index is 3110. The van der Waals surface area contributed by atoms with Gasteiger partial charge in [-0.25, -0.2) is 9.97 Å². The highest BCUT2D eigenvalue weighted by molar-refractivity contribution is 6.10. The van der Waals surface area contributed by atoms with Gasteiger partial charge in [-0.15, -0.1) is 0 Å². The summed E-state index contributed by atoms with van der Waals surface area (Å²) in [4.78, 5) is 10.9. The molecule has 3 heteroatoms. The van der Waals surface area contributed by atoms with Crippen molar-refractivity contribution < 1.29 is 0 Å². The molecule has 0 radical (unpaired) electrons. The molecular formula is C51H31N3. The molecule has 1 spiro atoms. The Morgan fingerprint density at radius 3 is 1.80 bits per heavy atom. The first-order valence-electron chi connectivity index (χ1n) is 18.6. The van der Waals surface area contributed by atoms with Gasteiger partial charge in [-0.05, 0) is 67.9 Å². The van der Waals surface area contributed by atoms with E-state index in [-0.39, 0.29) is 0 Å². The van der Waals surface area contributed by atoms with Crippen LogP contribution in [-0.4, -0.2) is 14.5 Å². The molecular weight excluding hydrogens is 655 g/mol. The standard InChI is InChI=1S/C51H31N3/c1-3-15-32(16-4-1)35-28-30-45-41(31-35)47-49(54(45)50-52-44-26-14-11-23-39(44)48(53-50)34-18-5-2-6-19-34)40-29-27-33-17-7-8-20-36(33)46(40)51(47)42-24-12-9-21-37(42)38-22-10-13-25-43(38)51/h1-31H. The smallest absolute Gasteiger partial charge is 0.235 e. The lowest BCUT2D eigenvalue weighted by molar-refractivity contribution is 0.808. The second-order valence-corrected chi connectivity index (χ2v) is 14.5. The SMILES string of the molecule is c1ccc(-c2ccc3c(c2)c2c(n3-c3nc(-c4ccccc4)c4ccccc4n3)-c3ccc4ccccc4c3C23c2ccccc2-c2ccccc23)cc1. The Kier molecular flexibility index (Phi) is 5.98. The van der Waals surface area contributed by atoms with E-state index >= 15 is 0 Å². The minimum absolute atomic E-state index is 0.573. The van der Waals surface area contributed by atoms with E-state index in [9.17, 15) is 0 Å². The largest absolute Gasteiger partial charge is 0.278 e. The van der Waals surface area contributed by atoms with Gasteiger partial charge in [-0.2, -0.15) is 0 Å².